The molecule has 4 nitrogen and oxygen atoms in total. The number of halogens is 2. The summed E-state index contributed by atoms with van der Waals surface area (Å²) in [7, 11) is 0. The van der Waals surface area contributed by atoms with E-state index in [1.54, 1.807) is 0 Å². The Kier molecular flexibility index (Phi) is 2.63. The van der Waals surface area contributed by atoms with Gasteiger partial charge in [-0.25, -0.2) is 18.7 Å². The maximum absolute atomic E-state index is 12.8. The fourth-order valence-corrected chi connectivity index (χ4v) is 1.07. The maximum Gasteiger partial charge on any atom is 0.322 e. The first kappa shape index (κ1) is 10.3. The molecule has 0 aliphatic rings. The highest BCUT2D eigenvalue weighted by molar-refractivity contribution is 5.32. The Morgan fingerprint density at radius 2 is 1.56 bits per heavy atom. The highest BCUT2D eigenvalue weighted by atomic mass is 19.1. The van der Waals surface area contributed by atoms with Crippen molar-refractivity contribution in [2.45, 2.75) is 0 Å². The number of nitrogens with two attached hydrogens (primary N) is 1. The van der Waals surface area contributed by atoms with E-state index in [9.17, 15) is 8.78 Å². The van der Waals surface area contributed by atoms with Crippen LogP contribution in [0.15, 0.2) is 30.6 Å². The van der Waals surface area contributed by atoms with Crippen LogP contribution in [-0.4, -0.2) is 9.97 Å². The zero-order valence-corrected chi connectivity index (χ0v) is 8.02. The van der Waals surface area contributed by atoms with Crippen molar-refractivity contribution in [2.24, 2.45) is 0 Å². The van der Waals surface area contributed by atoms with E-state index in [1.165, 1.54) is 12.4 Å². The van der Waals surface area contributed by atoms with Gasteiger partial charge in [0.1, 0.15) is 17.4 Å². The standard InChI is InChI=1S/C10H7F2N3O/c11-6-1-7(12)3-9(2-6)16-10-14-4-8(13)5-15-10/h1-5H,13H2. The van der Waals surface area contributed by atoms with Gasteiger partial charge in [0, 0.05) is 18.2 Å². The number of hydrogen-bond acceptors (Lipinski definition) is 4. The van der Waals surface area contributed by atoms with Gasteiger partial charge >= 0.3 is 6.01 Å². The second-order valence-corrected chi connectivity index (χ2v) is 3.01. The molecule has 0 aliphatic carbocycles. The zero-order valence-electron chi connectivity index (χ0n) is 8.02. The van der Waals surface area contributed by atoms with Gasteiger partial charge in [0.15, 0.2) is 0 Å². The lowest BCUT2D eigenvalue weighted by Crippen LogP contribution is -1.94. The lowest BCUT2D eigenvalue weighted by Gasteiger charge is -2.03. The molecule has 16 heavy (non-hydrogen) atoms. The monoisotopic (exact) mass is 223 g/mol. The Labute approximate surface area is 89.7 Å². The highest BCUT2D eigenvalue weighted by Gasteiger charge is 2.04. The van der Waals surface area contributed by atoms with E-state index in [4.69, 9.17) is 10.5 Å². The average Bonchev–Trinajstić information content (AvgIpc) is 2.20. The zero-order chi connectivity index (χ0) is 11.5. The number of ether oxygens (including phenoxy) is 1. The van der Waals surface area contributed by atoms with Crippen LogP contribution in [0.1, 0.15) is 0 Å². The third-order valence-electron chi connectivity index (χ3n) is 1.69. The first-order valence-corrected chi connectivity index (χ1v) is 4.35. The summed E-state index contributed by atoms with van der Waals surface area (Å²) in [6.45, 7) is 0. The van der Waals surface area contributed by atoms with Gasteiger partial charge in [0.25, 0.3) is 0 Å². The Balaban J connectivity index is 2.23. The smallest absolute Gasteiger partial charge is 0.322 e. The number of hydrogen-bond donors (Lipinski definition) is 1. The molecule has 1 heterocycles. The van der Waals surface area contributed by atoms with Gasteiger partial charge < -0.3 is 10.5 Å². The van der Waals surface area contributed by atoms with E-state index < -0.39 is 11.6 Å². The summed E-state index contributed by atoms with van der Waals surface area (Å²) in [5.41, 5.74) is 5.74. The van der Waals surface area contributed by atoms with Crippen LogP contribution in [0.25, 0.3) is 0 Å². The molecule has 2 aromatic rings. The van der Waals surface area contributed by atoms with E-state index in [2.05, 4.69) is 9.97 Å². The van der Waals surface area contributed by atoms with E-state index in [-0.39, 0.29) is 11.8 Å². The average molecular weight is 223 g/mol. The number of nitrogens with zero attached hydrogens (tertiary/aromatic N) is 2. The Hall–Kier alpha value is -2.24. The molecule has 82 valence electrons. The van der Waals surface area contributed by atoms with Gasteiger partial charge in [-0.1, -0.05) is 0 Å². The molecule has 2 rings (SSSR count). The van der Waals surface area contributed by atoms with E-state index in [0.717, 1.165) is 18.2 Å². The van der Waals surface area contributed by atoms with Gasteiger partial charge in [-0.15, -0.1) is 0 Å². The molecule has 0 spiro atoms. The maximum atomic E-state index is 12.8. The predicted octanol–water partition coefficient (Wildman–Crippen LogP) is 2.13. The molecule has 0 saturated carbocycles. The van der Waals surface area contributed by atoms with E-state index in [1.807, 2.05) is 0 Å². The first-order valence-electron chi connectivity index (χ1n) is 4.35. The van der Waals surface area contributed by atoms with Crippen molar-refractivity contribution in [3.05, 3.63) is 42.2 Å². The summed E-state index contributed by atoms with van der Waals surface area (Å²) < 4.78 is 30.7. The van der Waals surface area contributed by atoms with E-state index >= 15 is 0 Å². The van der Waals surface area contributed by atoms with Crippen LogP contribution in [0, 0.1) is 11.6 Å². The quantitative estimate of drug-likeness (QED) is 0.847. The first-order chi connectivity index (χ1) is 7.63. The minimum atomic E-state index is -0.731. The molecule has 0 unspecified atom stereocenters. The van der Waals surface area contributed by atoms with Gasteiger partial charge in [-0.2, -0.15) is 0 Å². The molecule has 0 aliphatic heterocycles. The third-order valence-corrected chi connectivity index (χ3v) is 1.69. The van der Waals surface area contributed by atoms with Gasteiger partial charge in [-0.3, -0.25) is 0 Å². The van der Waals surface area contributed by atoms with Crippen LogP contribution in [-0.2, 0) is 0 Å². The molecule has 1 aromatic heterocycles. The molecule has 2 N–H and O–H groups in total. The lowest BCUT2D eigenvalue weighted by molar-refractivity contribution is 0.433. The molecule has 0 atom stereocenters. The normalized spacial score (nSPS) is 10.1. The fourth-order valence-electron chi connectivity index (χ4n) is 1.07. The Morgan fingerprint density at radius 3 is 2.12 bits per heavy atom. The predicted molar refractivity (Wildman–Crippen MR) is 52.9 cm³/mol. The van der Waals surface area contributed by atoms with Crippen molar-refractivity contribution in [3.8, 4) is 11.8 Å². The lowest BCUT2D eigenvalue weighted by atomic mass is 10.3. The molecular weight excluding hydrogens is 216 g/mol. The number of aromatic nitrogens is 2. The van der Waals surface area contributed by atoms with E-state index in [0.29, 0.717) is 5.69 Å². The fraction of sp³-hybridized carbons (Fsp3) is 0. The highest BCUT2D eigenvalue weighted by Crippen LogP contribution is 2.20. The summed E-state index contributed by atoms with van der Waals surface area (Å²) in [5.74, 6) is -1.47. The van der Waals surface area contributed by atoms with Crippen LogP contribution in [0.4, 0.5) is 14.5 Å². The minimum Gasteiger partial charge on any atom is -0.424 e. The van der Waals surface area contributed by atoms with Crippen LogP contribution < -0.4 is 10.5 Å². The van der Waals surface area contributed by atoms with Crippen molar-refractivity contribution < 1.29 is 13.5 Å². The topological polar surface area (TPSA) is 61.0 Å². The minimum absolute atomic E-state index is 0.0118. The number of rotatable bonds is 2. The van der Waals surface area contributed by atoms with Crippen molar-refractivity contribution in [1.82, 2.24) is 9.97 Å². The van der Waals surface area contributed by atoms with Crippen molar-refractivity contribution in [2.75, 3.05) is 5.73 Å². The SMILES string of the molecule is Nc1cnc(Oc2cc(F)cc(F)c2)nc1. The number of nitrogen functional groups attached to an aromatic ring is 1. The second-order valence-electron chi connectivity index (χ2n) is 3.01. The Morgan fingerprint density at radius 1 is 1.00 bits per heavy atom. The summed E-state index contributed by atoms with van der Waals surface area (Å²) in [5, 5.41) is 0. The summed E-state index contributed by atoms with van der Waals surface area (Å²) >= 11 is 0. The molecule has 1 aromatic carbocycles. The van der Waals surface area contributed by atoms with Crippen LogP contribution >= 0.6 is 0 Å². The van der Waals surface area contributed by atoms with Crippen LogP contribution in [0.5, 0.6) is 11.8 Å². The van der Waals surface area contributed by atoms with Crippen molar-refractivity contribution in [3.63, 3.8) is 0 Å². The molecule has 0 radical (unpaired) electrons. The number of benzene rings is 1. The molecule has 0 amide bonds. The van der Waals surface area contributed by atoms with Gasteiger partial charge in [-0.05, 0) is 0 Å². The van der Waals surface area contributed by atoms with Crippen LogP contribution in [0.3, 0.4) is 0 Å². The number of anilines is 1. The van der Waals surface area contributed by atoms with Crippen molar-refractivity contribution >= 4 is 5.69 Å². The third kappa shape index (κ3) is 2.41. The second kappa shape index (κ2) is 4.09. The molecule has 6 heteroatoms. The van der Waals surface area contributed by atoms with Gasteiger partial charge in [0.05, 0.1) is 18.1 Å². The molecular formula is C10H7F2N3O. The van der Waals surface area contributed by atoms with Crippen LogP contribution in [0.2, 0.25) is 0 Å². The summed E-state index contributed by atoms with van der Waals surface area (Å²) in [4.78, 5) is 7.46. The molecule has 0 fully saturated rings. The molecule has 0 saturated heterocycles. The largest absolute Gasteiger partial charge is 0.424 e. The Bertz CT molecular complexity index is 482. The summed E-state index contributed by atoms with van der Waals surface area (Å²) in [6, 6.07) is 2.78. The summed E-state index contributed by atoms with van der Waals surface area (Å²) in [6.07, 6.45) is 2.66. The van der Waals surface area contributed by atoms with Crippen molar-refractivity contribution in [1.29, 1.82) is 0 Å². The van der Waals surface area contributed by atoms with Gasteiger partial charge in [0.2, 0.25) is 0 Å². The molecule has 0 bridgehead atoms.